The molecule has 1 aromatic carbocycles. The van der Waals surface area contributed by atoms with Crippen LogP contribution in [0.1, 0.15) is 30.4 Å². The Bertz CT molecular complexity index is 712. The van der Waals surface area contributed by atoms with E-state index in [0.29, 0.717) is 16.9 Å². The van der Waals surface area contributed by atoms with Gasteiger partial charge in [-0.1, -0.05) is 5.92 Å². The van der Waals surface area contributed by atoms with Crippen molar-refractivity contribution in [3.05, 3.63) is 34.8 Å². The molecule has 0 radical (unpaired) electrons. The fourth-order valence-corrected chi connectivity index (χ4v) is 3.57. The van der Waals surface area contributed by atoms with Crippen LogP contribution in [0.5, 0.6) is 5.75 Å². The number of halogens is 1. The quantitative estimate of drug-likeness (QED) is 0.804. The molecule has 1 fully saturated rings. The van der Waals surface area contributed by atoms with Gasteiger partial charge in [0.05, 0.1) is 25.4 Å². The monoisotopic (exact) mass is 300 g/mol. The molecular formula is C18H17FO3. The normalized spacial score (nSPS) is 23.5. The molecule has 3 nitrogen and oxygen atoms in total. The van der Waals surface area contributed by atoms with Gasteiger partial charge in [-0.05, 0) is 31.4 Å². The van der Waals surface area contributed by atoms with Crippen LogP contribution in [0, 0.1) is 30.0 Å². The van der Waals surface area contributed by atoms with Crippen molar-refractivity contribution < 1.29 is 18.7 Å². The number of allylic oxidation sites excluding steroid dienone is 2. The molecule has 1 aromatic rings. The zero-order valence-corrected chi connectivity index (χ0v) is 12.6. The first kappa shape index (κ1) is 14.6. The minimum atomic E-state index is -0.550. The van der Waals surface area contributed by atoms with Gasteiger partial charge in [0.2, 0.25) is 0 Å². The van der Waals surface area contributed by atoms with Gasteiger partial charge in [-0.2, -0.15) is 0 Å². The molecular weight excluding hydrogens is 283 g/mol. The number of rotatable bonds is 3. The summed E-state index contributed by atoms with van der Waals surface area (Å²) in [5.74, 6) is 2.76. The van der Waals surface area contributed by atoms with E-state index in [1.165, 1.54) is 20.3 Å². The molecule has 2 aliphatic rings. The van der Waals surface area contributed by atoms with Crippen molar-refractivity contribution in [3.63, 3.8) is 0 Å². The maximum Gasteiger partial charge on any atom is 0.170 e. The Morgan fingerprint density at radius 3 is 2.59 bits per heavy atom. The molecule has 0 amide bonds. The Labute approximate surface area is 129 Å². The molecule has 0 saturated heterocycles. The number of ether oxygens (including phenoxy) is 2. The highest BCUT2D eigenvalue weighted by atomic mass is 19.1. The summed E-state index contributed by atoms with van der Waals surface area (Å²) >= 11 is 0. The predicted octanol–water partition coefficient (Wildman–Crippen LogP) is 3.17. The van der Waals surface area contributed by atoms with Gasteiger partial charge in [-0.3, -0.25) is 4.79 Å². The number of Topliss-reactive ketones (excluding diaryl/α,β-unsaturated/α-hetero) is 1. The van der Waals surface area contributed by atoms with E-state index in [1.54, 1.807) is 6.07 Å². The minimum Gasteiger partial charge on any atom is -0.500 e. The van der Waals surface area contributed by atoms with Crippen LogP contribution in [-0.4, -0.2) is 20.0 Å². The van der Waals surface area contributed by atoms with Gasteiger partial charge < -0.3 is 9.47 Å². The summed E-state index contributed by atoms with van der Waals surface area (Å²) in [6.07, 6.45) is 7.84. The van der Waals surface area contributed by atoms with Crippen LogP contribution in [0.2, 0.25) is 0 Å². The third kappa shape index (κ3) is 2.09. The Morgan fingerprint density at radius 1 is 1.23 bits per heavy atom. The first-order valence-electron chi connectivity index (χ1n) is 7.27. The van der Waals surface area contributed by atoms with Gasteiger partial charge in [0.25, 0.3) is 0 Å². The predicted molar refractivity (Wildman–Crippen MR) is 80.7 cm³/mol. The minimum absolute atomic E-state index is 0.0460. The van der Waals surface area contributed by atoms with Gasteiger partial charge in [0.1, 0.15) is 17.3 Å². The third-order valence-corrected chi connectivity index (χ3v) is 4.58. The van der Waals surface area contributed by atoms with Crippen molar-refractivity contribution in [3.8, 4) is 18.1 Å². The third-order valence-electron chi connectivity index (χ3n) is 4.58. The Kier molecular flexibility index (Phi) is 3.66. The topological polar surface area (TPSA) is 35.5 Å². The summed E-state index contributed by atoms with van der Waals surface area (Å²) in [6.45, 7) is 0. The smallest absolute Gasteiger partial charge is 0.170 e. The fourth-order valence-electron chi connectivity index (χ4n) is 3.57. The lowest BCUT2D eigenvalue weighted by molar-refractivity contribution is -0.117. The van der Waals surface area contributed by atoms with Crippen molar-refractivity contribution >= 4 is 11.4 Å². The highest BCUT2D eigenvalue weighted by molar-refractivity contribution is 6.24. The fraction of sp³-hybridized carbons (Fsp3) is 0.389. The van der Waals surface area contributed by atoms with Crippen LogP contribution in [0.15, 0.2) is 17.9 Å². The van der Waals surface area contributed by atoms with Crippen molar-refractivity contribution in [1.82, 2.24) is 0 Å². The number of ketones is 1. The lowest BCUT2D eigenvalue weighted by atomic mass is 9.82. The van der Waals surface area contributed by atoms with E-state index in [9.17, 15) is 9.18 Å². The van der Waals surface area contributed by atoms with Gasteiger partial charge in [-0.25, -0.2) is 4.39 Å². The van der Waals surface area contributed by atoms with Crippen LogP contribution in [-0.2, 0) is 9.53 Å². The van der Waals surface area contributed by atoms with Gasteiger partial charge >= 0.3 is 0 Å². The second-order valence-corrected chi connectivity index (χ2v) is 5.69. The van der Waals surface area contributed by atoms with E-state index < -0.39 is 5.82 Å². The maximum atomic E-state index is 14.6. The number of hydrogen-bond acceptors (Lipinski definition) is 3. The summed E-state index contributed by atoms with van der Waals surface area (Å²) in [6, 6.07) is 2.82. The maximum absolute atomic E-state index is 14.6. The summed E-state index contributed by atoms with van der Waals surface area (Å²) in [7, 11) is 2.97. The van der Waals surface area contributed by atoms with Crippen molar-refractivity contribution in [2.45, 2.75) is 19.3 Å². The molecule has 3 rings (SSSR count). The van der Waals surface area contributed by atoms with Crippen LogP contribution in [0.25, 0.3) is 5.57 Å². The van der Waals surface area contributed by atoms with E-state index in [0.717, 1.165) is 19.3 Å². The van der Waals surface area contributed by atoms with Gasteiger partial charge in [-0.15, -0.1) is 6.42 Å². The molecule has 22 heavy (non-hydrogen) atoms. The average Bonchev–Trinajstić information content (AvgIpc) is 2.96. The van der Waals surface area contributed by atoms with Crippen molar-refractivity contribution in [2.75, 3.05) is 14.2 Å². The standard InChI is InChI=1S/C18H17FO3/c1-4-10-7-13(19)15(14(8-10)21-2)16-17(20)11-5-6-12(9-11)18(16)22-3/h1,7-8,11-12H,5-6,9H2,2-3H3. The van der Waals surface area contributed by atoms with Crippen LogP contribution in [0.4, 0.5) is 4.39 Å². The molecule has 114 valence electrons. The van der Waals surface area contributed by atoms with E-state index in [-0.39, 0.29) is 28.9 Å². The molecule has 2 unspecified atom stereocenters. The van der Waals surface area contributed by atoms with E-state index in [2.05, 4.69) is 5.92 Å². The Morgan fingerprint density at radius 2 is 1.95 bits per heavy atom. The zero-order chi connectivity index (χ0) is 15.9. The van der Waals surface area contributed by atoms with Crippen LogP contribution in [0.3, 0.4) is 0 Å². The van der Waals surface area contributed by atoms with Crippen molar-refractivity contribution in [1.29, 1.82) is 0 Å². The lowest BCUT2D eigenvalue weighted by Crippen LogP contribution is -2.23. The molecule has 0 spiro atoms. The Hall–Kier alpha value is -2.28. The summed E-state index contributed by atoms with van der Waals surface area (Å²) in [4.78, 5) is 12.7. The van der Waals surface area contributed by atoms with Gasteiger partial charge in [0.15, 0.2) is 5.78 Å². The van der Waals surface area contributed by atoms with E-state index in [1.807, 2.05) is 0 Å². The number of methoxy groups -OCH3 is 2. The summed E-state index contributed by atoms with van der Waals surface area (Å²) in [5.41, 5.74) is 0.864. The molecule has 2 atom stereocenters. The molecule has 1 saturated carbocycles. The second-order valence-electron chi connectivity index (χ2n) is 5.69. The molecule has 2 aliphatic carbocycles. The average molecular weight is 300 g/mol. The number of carbonyl (C=O) groups excluding carboxylic acids is 1. The SMILES string of the molecule is C#Cc1cc(F)c(C2=C(OC)C3CCC(C3)C2=O)c(OC)c1. The number of fused-ring (bicyclic) bond motifs is 2. The molecule has 0 heterocycles. The summed E-state index contributed by atoms with van der Waals surface area (Å²) in [5, 5.41) is 0. The molecule has 0 N–H and O–H groups in total. The van der Waals surface area contributed by atoms with Crippen LogP contribution >= 0.6 is 0 Å². The second kappa shape index (κ2) is 5.49. The number of benzene rings is 1. The largest absolute Gasteiger partial charge is 0.500 e. The van der Waals surface area contributed by atoms with Crippen LogP contribution < -0.4 is 4.74 Å². The molecule has 4 heteroatoms. The lowest BCUT2D eigenvalue weighted by Gasteiger charge is -2.25. The first-order valence-corrected chi connectivity index (χ1v) is 7.27. The molecule has 2 bridgehead atoms. The van der Waals surface area contributed by atoms with E-state index in [4.69, 9.17) is 15.9 Å². The summed E-state index contributed by atoms with van der Waals surface area (Å²) < 4.78 is 25.4. The highest BCUT2D eigenvalue weighted by Crippen LogP contribution is 2.48. The highest BCUT2D eigenvalue weighted by Gasteiger charge is 2.43. The number of terminal acetylenes is 1. The zero-order valence-electron chi connectivity index (χ0n) is 12.6. The first-order chi connectivity index (χ1) is 10.6. The number of hydrogen-bond donors (Lipinski definition) is 0. The number of carbonyl (C=O) groups is 1. The van der Waals surface area contributed by atoms with E-state index >= 15 is 0 Å². The van der Waals surface area contributed by atoms with Gasteiger partial charge in [0, 0.05) is 17.4 Å². The molecule has 0 aromatic heterocycles. The molecule has 0 aliphatic heterocycles. The van der Waals surface area contributed by atoms with Crippen molar-refractivity contribution in [2.24, 2.45) is 11.8 Å². The Balaban J connectivity index is 2.25.